The van der Waals surface area contributed by atoms with Crippen LogP contribution in [0.15, 0.2) is 37.1 Å². The van der Waals surface area contributed by atoms with E-state index in [1.807, 2.05) is 24.0 Å². The SMILES string of the molecule is C=CC(=O)N1CC2(CCN(c3nc(N4CC5(CCN5CCOC)C4)nc4c(OCC(F)(F)F)c(-c5c(C)ccc6[nH]ncc56)c(C5CC5)cc34)CC2)C1. The molecule has 4 saturated heterocycles. The highest BCUT2D eigenvalue weighted by Crippen LogP contribution is 2.54. The monoisotopic (exact) mass is 730 g/mol. The molecule has 5 aliphatic rings. The molecule has 1 aliphatic carbocycles. The van der Waals surface area contributed by atoms with Crippen LogP contribution in [0.5, 0.6) is 5.75 Å². The summed E-state index contributed by atoms with van der Waals surface area (Å²) < 4.78 is 53.7. The predicted molar refractivity (Wildman–Crippen MR) is 197 cm³/mol. The number of nitrogens with zero attached hydrogens (tertiary/aromatic N) is 7. The van der Waals surface area contributed by atoms with Gasteiger partial charge in [0.15, 0.2) is 12.4 Å². The molecule has 4 aromatic rings. The predicted octanol–water partition coefficient (Wildman–Crippen LogP) is 5.83. The van der Waals surface area contributed by atoms with Gasteiger partial charge in [-0.05, 0) is 79.8 Å². The van der Waals surface area contributed by atoms with Gasteiger partial charge in [-0.1, -0.05) is 12.6 Å². The van der Waals surface area contributed by atoms with E-state index in [2.05, 4.69) is 37.5 Å². The number of halogens is 3. The van der Waals surface area contributed by atoms with Crippen molar-refractivity contribution in [1.29, 1.82) is 0 Å². The summed E-state index contributed by atoms with van der Waals surface area (Å²) in [5, 5.41) is 8.88. The first-order chi connectivity index (χ1) is 25.5. The van der Waals surface area contributed by atoms with Crippen molar-refractivity contribution in [2.75, 3.05) is 82.5 Å². The van der Waals surface area contributed by atoms with E-state index in [1.54, 1.807) is 13.3 Å². The molecule has 280 valence electrons. The minimum absolute atomic E-state index is 0.0259. The van der Waals surface area contributed by atoms with Crippen LogP contribution in [0.25, 0.3) is 32.9 Å². The van der Waals surface area contributed by atoms with Crippen molar-refractivity contribution in [3.63, 3.8) is 0 Å². The Balaban J connectivity index is 1.18. The van der Waals surface area contributed by atoms with Crippen molar-refractivity contribution in [2.45, 2.75) is 56.7 Å². The number of rotatable bonds is 10. The van der Waals surface area contributed by atoms with Crippen LogP contribution >= 0.6 is 0 Å². The van der Waals surface area contributed by atoms with Gasteiger partial charge in [-0.2, -0.15) is 23.3 Å². The number of aryl methyl sites for hydroxylation is 1. The number of hydrogen-bond acceptors (Lipinski definition) is 9. The quantitative estimate of drug-likeness (QED) is 0.202. The molecule has 53 heavy (non-hydrogen) atoms. The van der Waals surface area contributed by atoms with Crippen molar-refractivity contribution in [3.8, 4) is 16.9 Å². The average Bonchev–Trinajstić information content (AvgIpc) is 3.84. The van der Waals surface area contributed by atoms with Gasteiger partial charge >= 0.3 is 6.18 Å². The average molecular weight is 731 g/mol. The molecule has 0 unspecified atom stereocenters. The molecule has 2 aromatic heterocycles. The molecule has 1 N–H and O–H groups in total. The molecule has 11 nitrogen and oxygen atoms in total. The molecule has 0 radical (unpaired) electrons. The number of aromatic amines is 1. The number of benzene rings is 2. The van der Waals surface area contributed by atoms with E-state index in [1.165, 1.54) is 6.08 Å². The van der Waals surface area contributed by atoms with Crippen LogP contribution in [-0.4, -0.2) is 120 Å². The number of methoxy groups -OCH3 is 1. The van der Waals surface area contributed by atoms with Gasteiger partial charge in [0.2, 0.25) is 11.9 Å². The number of anilines is 2. The second-order valence-corrected chi connectivity index (χ2v) is 15.9. The molecule has 1 saturated carbocycles. The van der Waals surface area contributed by atoms with Crippen LogP contribution in [0.3, 0.4) is 0 Å². The number of ether oxygens (including phenoxy) is 2. The lowest BCUT2D eigenvalue weighted by molar-refractivity contribution is -0.153. The van der Waals surface area contributed by atoms with Crippen LogP contribution < -0.4 is 14.5 Å². The zero-order valence-corrected chi connectivity index (χ0v) is 30.3. The highest BCUT2D eigenvalue weighted by molar-refractivity contribution is 6.06. The highest BCUT2D eigenvalue weighted by atomic mass is 19.4. The minimum atomic E-state index is -4.56. The zero-order valence-electron chi connectivity index (χ0n) is 30.3. The molecule has 9 rings (SSSR count). The summed E-state index contributed by atoms with van der Waals surface area (Å²) in [5.41, 5.74) is 4.62. The van der Waals surface area contributed by atoms with E-state index in [-0.39, 0.29) is 28.5 Å². The minimum Gasteiger partial charge on any atom is -0.481 e. The number of piperidine rings is 1. The number of aromatic nitrogens is 4. The van der Waals surface area contributed by atoms with Gasteiger partial charge in [0.05, 0.1) is 23.9 Å². The molecule has 1 amide bonds. The number of H-pyrrole nitrogens is 1. The van der Waals surface area contributed by atoms with Crippen molar-refractivity contribution in [1.82, 2.24) is 30.0 Å². The fraction of sp³-hybridized carbons (Fsp3) is 0.538. The maximum absolute atomic E-state index is 14.1. The van der Waals surface area contributed by atoms with Crippen LogP contribution in [0.4, 0.5) is 24.9 Å². The van der Waals surface area contributed by atoms with Crippen LogP contribution in [0, 0.1) is 12.3 Å². The molecular weight excluding hydrogens is 685 g/mol. The molecular formula is C39H45F3N8O3. The molecule has 2 aromatic carbocycles. The summed E-state index contributed by atoms with van der Waals surface area (Å²) in [5.74, 6) is 1.52. The van der Waals surface area contributed by atoms with Crippen LogP contribution in [0.2, 0.25) is 0 Å². The van der Waals surface area contributed by atoms with E-state index in [0.29, 0.717) is 55.2 Å². The third-order valence-electron chi connectivity index (χ3n) is 12.4. The number of hydrogen-bond donors (Lipinski definition) is 1. The number of nitrogens with one attached hydrogen (secondary N) is 1. The summed E-state index contributed by atoms with van der Waals surface area (Å²) in [6.07, 6.45) is 3.25. The Morgan fingerprint density at radius 2 is 1.81 bits per heavy atom. The lowest BCUT2D eigenvalue weighted by Crippen LogP contribution is -2.77. The molecule has 4 aliphatic heterocycles. The summed E-state index contributed by atoms with van der Waals surface area (Å²) in [7, 11) is 1.71. The van der Waals surface area contributed by atoms with E-state index < -0.39 is 12.8 Å². The van der Waals surface area contributed by atoms with Gasteiger partial charge in [-0.3, -0.25) is 14.8 Å². The van der Waals surface area contributed by atoms with E-state index >= 15 is 0 Å². The Labute approximate surface area is 306 Å². The standard InChI is InChI=1S/C39H45F3N8O3/c1-4-30(51)48-19-37(20-48)9-12-47(13-10-37)35-27-17-26(25-6-7-25)32(31-24(2)5-8-29-28(31)18-43-46-29)34(53-23-39(40,41)42)33(27)44-36(45-35)49-21-38(22-49)11-14-50(38)15-16-52-3/h4-5,8,17-18,25H,1,6-7,9-16,19-23H2,2-3H3,(H,43,46). The van der Waals surface area contributed by atoms with Gasteiger partial charge in [-0.25, -0.2) is 4.98 Å². The van der Waals surface area contributed by atoms with Crippen LogP contribution in [-0.2, 0) is 9.53 Å². The molecule has 6 heterocycles. The van der Waals surface area contributed by atoms with Crippen molar-refractivity contribution in [3.05, 3.63) is 48.2 Å². The van der Waals surface area contributed by atoms with Gasteiger partial charge in [-0.15, -0.1) is 0 Å². The number of amides is 1. The summed E-state index contributed by atoms with van der Waals surface area (Å²) in [4.78, 5) is 31.4. The summed E-state index contributed by atoms with van der Waals surface area (Å²) >= 11 is 0. The first kappa shape index (κ1) is 34.3. The number of carbonyl (C=O) groups excluding carboxylic acids is 1. The lowest BCUT2D eigenvalue weighted by Gasteiger charge is -2.62. The maximum atomic E-state index is 14.1. The topological polar surface area (TPSA) is 103 Å². The van der Waals surface area contributed by atoms with Gasteiger partial charge in [0.25, 0.3) is 0 Å². The Bertz CT molecular complexity index is 2090. The van der Waals surface area contributed by atoms with Gasteiger partial charge < -0.3 is 24.2 Å². The molecule has 14 heteroatoms. The van der Waals surface area contributed by atoms with Crippen molar-refractivity contribution < 1.29 is 27.4 Å². The van der Waals surface area contributed by atoms with E-state index in [9.17, 15) is 18.0 Å². The third kappa shape index (κ3) is 5.88. The second-order valence-electron chi connectivity index (χ2n) is 15.9. The molecule has 5 fully saturated rings. The fourth-order valence-corrected chi connectivity index (χ4v) is 9.20. The summed E-state index contributed by atoms with van der Waals surface area (Å²) in [6, 6.07) is 6.05. The molecule has 2 spiro atoms. The fourth-order valence-electron chi connectivity index (χ4n) is 9.20. The normalized spacial score (nSPS) is 20.9. The summed E-state index contributed by atoms with van der Waals surface area (Å²) in [6.45, 7) is 11.0. The Morgan fingerprint density at radius 3 is 2.47 bits per heavy atom. The Hall–Kier alpha value is -4.43. The van der Waals surface area contributed by atoms with Gasteiger partial charge in [0.1, 0.15) is 11.3 Å². The molecule has 0 atom stereocenters. The smallest absolute Gasteiger partial charge is 0.422 e. The number of alkyl halides is 3. The zero-order chi connectivity index (χ0) is 36.7. The first-order valence-corrected chi connectivity index (χ1v) is 18.7. The van der Waals surface area contributed by atoms with Crippen LogP contribution in [0.1, 0.15) is 49.1 Å². The third-order valence-corrected chi connectivity index (χ3v) is 12.4. The van der Waals surface area contributed by atoms with Crippen molar-refractivity contribution in [2.24, 2.45) is 5.41 Å². The Kier molecular flexibility index (Phi) is 8.15. The maximum Gasteiger partial charge on any atom is 0.422 e. The highest BCUT2D eigenvalue weighted by Gasteiger charge is 2.54. The van der Waals surface area contributed by atoms with Gasteiger partial charge in [0, 0.05) is 81.2 Å². The van der Waals surface area contributed by atoms with Crippen molar-refractivity contribution >= 4 is 39.5 Å². The second kappa shape index (κ2) is 12.6. The first-order valence-electron chi connectivity index (χ1n) is 18.7. The molecule has 0 bridgehead atoms. The number of fused-ring (bicyclic) bond motifs is 2. The number of likely N-dealkylation sites (tertiary alicyclic amines) is 2. The number of carbonyl (C=O) groups is 1. The van der Waals surface area contributed by atoms with E-state index in [0.717, 1.165) is 91.7 Å². The largest absolute Gasteiger partial charge is 0.481 e. The van der Waals surface area contributed by atoms with E-state index in [4.69, 9.17) is 19.4 Å². The lowest BCUT2D eigenvalue weighted by atomic mass is 9.72. The Morgan fingerprint density at radius 1 is 1.04 bits per heavy atom.